The topological polar surface area (TPSA) is 96.6 Å². The molecule has 0 aliphatic carbocycles. The second-order valence-corrected chi connectivity index (χ2v) is 9.01. The second-order valence-electron chi connectivity index (χ2n) is 7.08. The van der Waals surface area contributed by atoms with Gasteiger partial charge in [-0.05, 0) is 31.7 Å². The molecule has 1 aliphatic heterocycles. The maximum Gasteiger partial charge on any atom is 0.245 e. The molecule has 2 aromatic rings. The highest BCUT2D eigenvalue weighted by Gasteiger charge is 2.35. The molecule has 0 spiro atoms. The summed E-state index contributed by atoms with van der Waals surface area (Å²) in [5.74, 6) is 0.787. The molecule has 0 bridgehead atoms. The van der Waals surface area contributed by atoms with Gasteiger partial charge in [-0.1, -0.05) is 35.5 Å². The molecule has 2 heterocycles. The molecule has 1 fully saturated rings. The number of benzene rings is 1. The SMILES string of the molecule is Cc1noc(C2CCN(C(=O)CCCc3ccccc3)CCN2S(C)(=O)=O)n1. The Bertz CT molecular complexity index is 898. The van der Waals surface area contributed by atoms with E-state index >= 15 is 0 Å². The number of nitrogens with zero attached hydrogens (tertiary/aromatic N) is 4. The summed E-state index contributed by atoms with van der Waals surface area (Å²) in [4.78, 5) is 18.6. The molecule has 0 radical (unpaired) electrons. The van der Waals surface area contributed by atoms with E-state index < -0.39 is 16.1 Å². The van der Waals surface area contributed by atoms with E-state index in [0.29, 0.717) is 31.8 Å². The average Bonchev–Trinajstić information content (AvgIpc) is 2.95. The van der Waals surface area contributed by atoms with Gasteiger partial charge in [0.1, 0.15) is 6.04 Å². The zero-order chi connectivity index (χ0) is 20.1. The third-order valence-electron chi connectivity index (χ3n) is 4.92. The van der Waals surface area contributed by atoms with Gasteiger partial charge < -0.3 is 9.42 Å². The van der Waals surface area contributed by atoms with Gasteiger partial charge in [0.2, 0.25) is 21.8 Å². The predicted octanol–water partition coefficient (Wildman–Crippen LogP) is 1.94. The molecule has 1 unspecified atom stereocenters. The van der Waals surface area contributed by atoms with Gasteiger partial charge in [-0.3, -0.25) is 4.79 Å². The Labute approximate surface area is 165 Å². The molecule has 9 heteroatoms. The van der Waals surface area contributed by atoms with Gasteiger partial charge in [-0.15, -0.1) is 0 Å². The Morgan fingerprint density at radius 1 is 1.21 bits per heavy atom. The van der Waals surface area contributed by atoms with Gasteiger partial charge in [-0.25, -0.2) is 8.42 Å². The Hall–Kier alpha value is -2.26. The smallest absolute Gasteiger partial charge is 0.245 e. The van der Waals surface area contributed by atoms with Crippen LogP contribution in [0.4, 0.5) is 0 Å². The monoisotopic (exact) mass is 406 g/mol. The van der Waals surface area contributed by atoms with Gasteiger partial charge >= 0.3 is 0 Å². The molecule has 0 saturated carbocycles. The van der Waals surface area contributed by atoms with Crippen molar-refractivity contribution in [3.05, 3.63) is 47.6 Å². The van der Waals surface area contributed by atoms with Crippen molar-refractivity contribution in [2.45, 2.75) is 38.6 Å². The fourth-order valence-electron chi connectivity index (χ4n) is 3.50. The van der Waals surface area contributed by atoms with E-state index in [4.69, 9.17) is 4.52 Å². The zero-order valence-electron chi connectivity index (χ0n) is 16.2. The van der Waals surface area contributed by atoms with Gasteiger partial charge in [0, 0.05) is 26.1 Å². The summed E-state index contributed by atoms with van der Waals surface area (Å²) in [6.45, 7) is 2.73. The molecule has 1 aromatic heterocycles. The molecule has 28 heavy (non-hydrogen) atoms. The first kappa shape index (κ1) is 20.5. The fraction of sp³-hybridized carbons (Fsp3) is 0.526. The standard InChI is InChI=1S/C19H26N4O4S/c1-15-20-19(27-21-15)17-11-12-22(13-14-23(17)28(2,25)26)18(24)10-6-9-16-7-4-3-5-8-16/h3-5,7-8,17H,6,9-14H2,1-2H3. The molecular formula is C19H26N4O4S. The molecular weight excluding hydrogens is 380 g/mol. The van der Waals surface area contributed by atoms with Crippen molar-refractivity contribution in [2.24, 2.45) is 0 Å². The highest BCUT2D eigenvalue weighted by atomic mass is 32.2. The first-order chi connectivity index (χ1) is 13.3. The molecule has 3 rings (SSSR count). The average molecular weight is 407 g/mol. The number of rotatable bonds is 6. The summed E-state index contributed by atoms with van der Waals surface area (Å²) in [7, 11) is -3.47. The van der Waals surface area contributed by atoms with Crippen molar-refractivity contribution in [1.82, 2.24) is 19.3 Å². The van der Waals surface area contributed by atoms with Crippen LogP contribution in [0, 0.1) is 6.92 Å². The summed E-state index contributed by atoms with van der Waals surface area (Å²) in [5.41, 5.74) is 1.21. The minimum absolute atomic E-state index is 0.0479. The summed E-state index contributed by atoms with van der Waals surface area (Å²) in [5, 5.41) is 3.77. The lowest BCUT2D eigenvalue weighted by Gasteiger charge is -2.24. The number of aryl methyl sites for hydroxylation is 2. The lowest BCUT2D eigenvalue weighted by molar-refractivity contribution is -0.131. The molecule has 1 aromatic carbocycles. The number of aromatic nitrogens is 2. The van der Waals surface area contributed by atoms with Crippen LogP contribution >= 0.6 is 0 Å². The molecule has 1 amide bonds. The quantitative estimate of drug-likeness (QED) is 0.727. The number of hydrogen-bond donors (Lipinski definition) is 0. The lowest BCUT2D eigenvalue weighted by atomic mass is 10.1. The number of carbonyl (C=O) groups excluding carboxylic acids is 1. The van der Waals surface area contributed by atoms with Crippen molar-refractivity contribution in [3.8, 4) is 0 Å². The summed E-state index contributed by atoms with van der Waals surface area (Å²) in [6, 6.07) is 9.52. The molecule has 1 atom stereocenters. The van der Waals surface area contributed by atoms with Crippen molar-refractivity contribution in [1.29, 1.82) is 0 Å². The Kier molecular flexibility index (Phi) is 6.46. The van der Waals surface area contributed by atoms with E-state index in [0.717, 1.165) is 12.8 Å². The molecule has 0 N–H and O–H groups in total. The predicted molar refractivity (Wildman–Crippen MR) is 104 cm³/mol. The molecule has 152 valence electrons. The summed E-state index contributed by atoms with van der Waals surface area (Å²) in [6.07, 6.45) is 3.65. The van der Waals surface area contributed by atoms with Crippen LogP contribution in [-0.2, 0) is 21.2 Å². The number of hydrogen-bond acceptors (Lipinski definition) is 6. The van der Waals surface area contributed by atoms with E-state index in [2.05, 4.69) is 22.3 Å². The Balaban J connectivity index is 1.63. The van der Waals surface area contributed by atoms with Crippen LogP contribution in [0.5, 0.6) is 0 Å². The maximum absolute atomic E-state index is 12.7. The second kappa shape index (κ2) is 8.83. The molecule has 1 saturated heterocycles. The van der Waals surface area contributed by atoms with E-state index in [-0.39, 0.29) is 18.3 Å². The fourth-order valence-corrected chi connectivity index (χ4v) is 4.57. The Morgan fingerprint density at radius 3 is 2.61 bits per heavy atom. The highest BCUT2D eigenvalue weighted by Crippen LogP contribution is 2.28. The van der Waals surface area contributed by atoms with Gasteiger partial charge in [0.05, 0.1) is 6.26 Å². The molecule has 1 aliphatic rings. The first-order valence-corrected chi connectivity index (χ1v) is 11.3. The number of carbonyl (C=O) groups is 1. The number of sulfonamides is 1. The van der Waals surface area contributed by atoms with Crippen LogP contribution in [0.1, 0.15) is 42.6 Å². The zero-order valence-corrected chi connectivity index (χ0v) is 17.1. The molecule has 8 nitrogen and oxygen atoms in total. The first-order valence-electron chi connectivity index (χ1n) is 9.43. The van der Waals surface area contributed by atoms with Crippen LogP contribution in [0.25, 0.3) is 0 Å². The van der Waals surface area contributed by atoms with Crippen LogP contribution in [0.3, 0.4) is 0 Å². The highest BCUT2D eigenvalue weighted by molar-refractivity contribution is 7.88. The minimum atomic E-state index is -3.47. The minimum Gasteiger partial charge on any atom is -0.341 e. The maximum atomic E-state index is 12.7. The van der Waals surface area contributed by atoms with Crippen molar-refractivity contribution in [3.63, 3.8) is 0 Å². The largest absolute Gasteiger partial charge is 0.341 e. The van der Waals surface area contributed by atoms with Crippen LogP contribution in [0.2, 0.25) is 0 Å². The van der Waals surface area contributed by atoms with Crippen LogP contribution in [-0.4, -0.2) is 59.6 Å². The van der Waals surface area contributed by atoms with Crippen molar-refractivity contribution in [2.75, 3.05) is 25.9 Å². The Morgan fingerprint density at radius 2 is 1.96 bits per heavy atom. The number of amides is 1. The van der Waals surface area contributed by atoms with Crippen LogP contribution < -0.4 is 0 Å². The summed E-state index contributed by atoms with van der Waals surface area (Å²) < 4.78 is 31.1. The normalized spacial score (nSPS) is 18.8. The van der Waals surface area contributed by atoms with Crippen LogP contribution in [0.15, 0.2) is 34.9 Å². The summed E-state index contributed by atoms with van der Waals surface area (Å²) >= 11 is 0. The van der Waals surface area contributed by atoms with E-state index in [1.54, 1.807) is 11.8 Å². The van der Waals surface area contributed by atoms with E-state index in [1.807, 2.05) is 18.2 Å². The van der Waals surface area contributed by atoms with E-state index in [9.17, 15) is 13.2 Å². The van der Waals surface area contributed by atoms with Gasteiger partial charge in [0.25, 0.3) is 0 Å². The van der Waals surface area contributed by atoms with Crippen molar-refractivity contribution < 1.29 is 17.7 Å². The van der Waals surface area contributed by atoms with E-state index in [1.165, 1.54) is 16.1 Å². The third-order valence-corrected chi connectivity index (χ3v) is 6.21. The van der Waals surface area contributed by atoms with Gasteiger partial charge in [0.15, 0.2) is 5.82 Å². The van der Waals surface area contributed by atoms with Crippen molar-refractivity contribution >= 4 is 15.9 Å². The third kappa shape index (κ3) is 5.17. The lowest BCUT2D eigenvalue weighted by Crippen LogP contribution is -2.37. The van der Waals surface area contributed by atoms with Gasteiger partial charge in [-0.2, -0.15) is 9.29 Å².